The molecule has 0 atom stereocenters. The van der Waals surface area contributed by atoms with Gasteiger partial charge in [0.1, 0.15) is 0 Å². The van der Waals surface area contributed by atoms with E-state index in [1.165, 1.54) is 0 Å². The standard InChI is InChI=1S/C14H14BrF2NO/c15-11-3-1-2-10(8-11)12(19)18-6-4-13(5-7-18)9-14(13,16)17/h1-3,8H,4-7,9H2. The summed E-state index contributed by atoms with van der Waals surface area (Å²) >= 11 is 3.33. The number of hydrogen-bond acceptors (Lipinski definition) is 1. The van der Waals surface area contributed by atoms with Crippen molar-refractivity contribution in [2.75, 3.05) is 13.1 Å². The molecule has 1 aliphatic carbocycles. The molecule has 0 bridgehead atoms. The van der Waals surface area contributed by atoms with Gasteiger partial charge in [0.05, 0.1) is 0 Å². The van der Waals surface area contributed by atoms with Crippen molar-refractivity contribution in [1.82, 2.24) is 4.90 Å². The van der Waals surface area contributed by atoms with Gasteiger partial charge in [-0.3, -0.25) is 4.79 Å². The fourth-order valence-electron chi connectivity index (χ4n) is 2.87. The van der Waals surface area contributed by atoms with E-state index in [0.29, 0.717) is 31.5 Å². The van der Waals surface area contributed by atoms with Crippen LogP contribution in [-0.2, 0) is 0 Å². The van der Waals surface area contributed by atoms with Gasteiger partial charge in [0.25, 0.3) is 11.8 Å². The zero-order chi connectivity index (χ0) is 13.7. The van der Waals surface area contributed by atoms with Crippen LogP contribution >= 0.6 is 15.9 Å². The van der Waals surface area contributed by atoms with Crippen LogP contribution in [0, 0.1) is 5.41 Å². The van der Waals surface area contributed by atoms with Crippen molar-refractivity contribution in [2.45, 2.75) is 25.2 Å². The molecule has 19 heavy (non-hydrogen) atoms. The molecule has 3 rings (SSSR count). The molecule has 0 radical (unpaired) electrons. The molecule has 0 aromatic heterocycles. The number of piperidine rings is 1. The molecule has 2 aliphatic rings. The van der Waals surface area contributed by atoms with Gasteiger partial charge in [-0.15, -0.1) is 0 Å². The number of amides is 1. The SMILES string of the molecule is O=C(c1cccc(Br)c1)N1CCC2(CC1)CC2(F)F. The summed E-state index contributed by atoms with van der Waals surface area (Å²) in [4.78, 5) is 13.9. The predicted molar refractivity (Wildman–Crippen MR) is 71.3 cm³/mol. The van der Waals surface area contributed by atoms with E-state index in [-0.39, 0.29) is 12.3 Å². The van der Waals surface area contributed by atoms with Gasteiger partial charge in [0.2, 0.25) is 0 Å². The quantitative estimate of drug-likeness (QED) is 0.769. The summed E-state index contributed by atoms with van der Waals surface area (Å²) in [6.45, 7) is 0.863. The maximum atomic E-state index is 13.3. The minimum atomic E-state index is -2.50. The topological polar surface area (TPSA) is 20.3 Å². The van der Waals surface area contributed by atoms with Gasteiger partial charge in [0.15, 0.2) is 0 Å². The second-order valence-electron chi connectivity index (χ2n) is 5.46. The van der Waals surface area contributed by atoms with E-state index in [1.54, 1.807) is 23.1 Å². The zero-order valence-electron chi connectivity index (χ0n) is 10.3. The van der Waals surface area contributed by atoms with Crippen molar-refractivity contribution >= 4 is 21.8 Å². The minimum absolute atomic E-state index is 0.00108. The smallest absolute Gasteiger partial charge is 0.254 e. The molecule has 1 aromatic carbocycles. The molecule has 0 N–H and O–H groups in total. The number of rotatable bonds is 1. The molecule has 2 fully saturated rings. The summed E-state index contributed by atoms with van der Waals surface area (Å²) in [5.41, 5.74) is -0.200. The van der Waals surface area contributed by atoms with Crippen molar-refractivity contribution < 1.29 is 13.6 Å². The van der Waals surface area contributed by atoms with Crippen molar-refractivity contribution in [3.63, 3.8) is 0 Å². The summed E-state index contributed by atoms with van der Waals surface area (Å²) in [6.07, 6.45) is 0.832. The Balaban J connectivity index is 1.67. The second-order valence-corrected chi connectivity index (χ2v) is 6.38. The van der Waals surface area contributed by atoms with E-state index >= 15 is 0 Å². The average molecular weight is 330 g/mol. The Bertz CT molecular complexity index is 524. The van der Waals surface area contributed by atoms with E-state index in [1.807, 2.05) is 6.07 Å². The summed E-state index contributed by atoms with van der Waals surface area (Å²) in [6, 6.07) is 7.17. The lowest BCUT2D eigenvalue weighted by molar-refractivity contribution is 0.0284. The molecular formula is C14H14BrF2NO. The predicted octanol–water partition coefficient (Wildman–Crippen LogP) is 3.71. The average Bonchev–Trinajstić information content (AvgIpc) is 2.90. The van der Waals surface area contributed by atoms with Gasteiger partial charge in [-0.05, 0) is 31.0 Å². The number of alkyl halides is 2. The van der Waals surface area contributed by atoms with Crippen molar-refractivity contribution in [3.05, 3.63) is 34.3 Å². The highest BCUT2D eigenvalue weighted by molar-refractivity contribution is 9.10. The first-order valence-corrected chi connectivity index (χ1v) is 7.16. The van der Waals surface area contributed by atoms with Gasteiger partial charge < -0.3 is 4.90 Å². The third kappa shape index (κ3) is 2.18. The van der Waals surface area contributed by atoms with Crippen LogP contribution in [0.4, 0.5) is 8.78 Å². The summed E-state index contributed by atoms with van der Waals surface area (Å²) in [7, 11) is 0. The van der Waals surface area contributed by atoms with Gasteiger partial charge >= 0.3 is 0 Å². The second kappa shape index (κ2) is 4.27. The van der Waals surface area contributed by atoms with Gasteiger partial charge in [-0.2, -0.15) is 0 Å². The van der Waals surface area contributed by atoms with Crippen LogP contribution in [0.3, 0.4) is 0 Å². The number of hydrogen-bond donors (Lipinski definition) is 0. The van der Waals surface area contributed by atoms with E-state index in [9.17, 15) is 13.6 Å². The van der Waals surface area contributed by atoms with Crippen LogP contribution in [0.25, 0.3) is 0 Å². The zero-order valence-corrected chi connectivity index (χ0v) is 11.9. The first-order valence-electron chi connectivity index (χ1n) is 6.36. The Labute approximate surface area is 118 Å². The molecule has 1 heterocycles. The van der Waals surface area contributed by atoms with E-state index in [0.717, 1.165) is 4.47 Å². The minimum Gasteiger partial charge on any atom is -0.339 e. The Morgan fingerprint density at radius 3 is 2.42 bits per heavy atom. The lowest BCUT2D eigenvalue weighted by Gasteiger charge is -2.32. The van der Waals surface area contributed by atoms with Crippen LogP contribution < -0.4 is 0 Å². The fourth-order valence-corrected chi connectivity index (χ4v) is 3.26. The number of benzene rings is 1. The van der Waals surface area contributed by atoms with Gasteiger partial charge in [-0.1, -0.05) is 22.0 Å². The van der Waals surface area contributed by atoms with Gasteiger partial charge in [-0.25, -0.2) is 8.78 Å². The highest BCUT2D eigenvalue weighted by atomic mass is 79.9. The molecule has 1 amide bonds. The molecule has 2 nitrogen and oxygen atoms in total. The molecule has 1 aromatic rings. The Hall–Kier alpha value is -0.970. The maximum absolute atomic E-state index is 13.3. The third-order valence-electron chi connectivity index (χ3n) is 4.29. The number of halogens is 3. The van der Waals surface area contributed by atoms with Crippen molar-refractivity contribution in [3.8, 4) is 0 Å². The summed E-state index contributed by atoms with van der Waals surface area (Å²) in [5, 5.41) is 0. The molecule has 1 saturated heterocycles. The third-order valence-corrected chi connectivity index (χ3v) is 4.78. The summed E-state index contributed by atoms with van der Waals surface area (Å²) < 4.78 is 27.4. The monoisotopic (exact) mass is 329 g/mol. The van der Waals surface area contributed by atoms with E-state index < -0.39 is 11.3 Å². The van der Waals surface area contributed by atoms with Crippen LogP contribution in [0.15, 0.2) is 28.7 Å². The highest BCUT2D eigenvalue weighted by Gasteiger charge is 2.70. The lowest BCUT2D eigenvalue weighted by atomic mass is 9.92. The number of nitrogens with zero attached hydrogens (tertiary/aromatic N) is 1. The largest absolute Gasteiger partial charge is 0.339 e. The van der Waals surface area contributed by atoms with Crippen molar-refractivity contribution in [2.24, 2.45) is 5.41 Å². The number of likely N-dealkylation sites (tertiary alicyclic amines) is 1. The van der Waals surface area contributed by atoms with E-state index in [4.69, 9.17) is 0 Å². The lowest BCUT2D eigenvalue weighted by Crippen LogP contribution is -2.40. The van der Waals surface area contributed by atoms with Gasteiger partial charge in [0, 0.05) is 35.0 Å². The Kier molecular flexibility index (Phi) is 2.93. The highest BCUT2D eigenvalue weighted by Crippen LogP contribution is 2.65. The molecule has 1 aliphatic heterocycles. The molecular weight excluding hydrogens is 316 g/mol. The molecule has 5 heteroatoms. The van der Waals surface area contributed by atoms with Crippen LogP contribution in [0.2, 0.25) is 0 Å². The molecule has 1 saturated carbocycles. The van der Waals surface area contributed by atoms with E-state index in [2.05, 4.69) is 15.9 Å². The van der Waals surface area contributed by atoms with Crippen molar-refractivity contribution in [1.29, 1.82) is 0 Å². The van der Waals surface area contributed by atoms with Crippen LogP contribution in [0.1, 0.15) is 29.6 Å². The normalized spacial score (nSPS) is 23.4. The number of carbonyl (C=O) groups excluding carboxylic acids is 1. The molecule has 1 spiro atoms. The Morgan fingerprint density at radius 1 is 1.26 bits per heavy atom. The first kappa shape index (κ1) is 13.0. The van der Waals surface area contributed by atoms with Crippen LogP contribution in [0.5, 0.6) is 0 Å². The maximum Gasteiger partial charge on any atom is 0.254 e. The van der Waals surface area contributed by atoms with Crippen LogP contribution in [-0.4, -0.2) is 29.8 Å². The summed E-state index contributed by atoms with van der Waals surface area (Å²) in [5.74, 6) is -2.57. The number of carbonyl (C=O) groups is 1. The molecule has 102 valence electrons. The Morgan fingerprint density at radius 2 is 1.89 bits per heavy atom. The fraction of sp³-hybridized carbons (Fsp3) is 0.500. The molecule has 0 unspecified atom stereocenters. The first-order chi connectivity index (χ1) is 8.94.